The second-order valence-electron chi connectivity index (χ2n) is 5.96. The van der Waals surface area contributed by atoms with Gasteiger partial charge in [-0.05, 0) is 43.2 Å². The third kappa shape index (κ3) is 4.55. The lowest BCUT2D eigenvalue weighted by atomic mass is 10.2. The number of halogens is 1. The maximum absolute atomic E-state index is 12.4. The quantitative estimate of drug-likeness (QED) is 0.788. The molecular formula is C18H19ClN2O4S. The van der Waals surface area contributed by atoms with Crippen LogP contribution < -0.4 is 10.0 Å². The number of amides is 1. The summed E-state index contributed by atoms with van der Waals surface area (Å²) in [4.78, 5) is 12.5. The predicted molar refractivity (Wildman–Crippen MR) is 100 cm³/mol. The molecule has 1 fully saturated rings. The third-order valence-corrected chi connectivity index (χ3v) is 5.76. The lowest BCUT2D eigenvalue weighted by Crippen LogP contribution is -2.32. The monoisotopic (exact) mass is 394 g/mol. The van der Waals surface area contributed by atoms with Crippen LogP contribution in [-0.2, 0) is 14.8 Å². The summed E-state index contributed by atoms with van der Waals surface area (Å²) >= 11 is 6.11. The van der Waals surface area contributed by atoms with Crippen LogP contribution in [0, 0.1) is 0 Å². The van der Waals surface area contributed by atoms with Gasteiger partial charge in [-0.2, -0.15) is 0 Å². The number of nitrogens with one attached hydrogen (secondary N) is 2. The van der Waals surface area contributed by atoms with Crippen molar-refractivity contribution in [2.75, 3.05) is 17.9 Å². The molecule has 0 aliphatic carbocycles. The van der Waals surface area contributed by atoms with Crippen LogP contribution in [0.2, 0.25) is 5.02 Å². The summed E-state index contributed by atoms with van der Waals surface area (Å²) in [6.45, 7) is 1.10. The Morgan fingerprint density at radius 3 is 2.65 bits per heavy atom. The van der Waals surface area contributed by atoms with Crippen molar-refractivity contribution in [2.45, 2.75) is 23.8 Å². The van der Waals surface area contributed by atoms with Gasteiger partial charge in [-0.15, -0.1) is 0 Å². The lowest BCUT2D eigenvalue weighted by Gasteiger charge is -2.13. The van der Waals surface area contributed by atoms with E-state index in [0.29, 0.717) is 13.2 Å². The largest absolute Gasteiger partial charge is 0.376 e. The van der Waals surface area contributed by atoms with Crippen molar-refractivity contribution in [3.8, 4) is 0 Å². The Bertz CT molecular complexity index is 881. The van der Waals surface area contributed by atoms with Gasteiger partial charge in [0.2, 0.25) is 0 Å². The number of carbonyl (C=O) groups is 1. The molecule has 1 saturated heterocycles. The number of sulfonamides is 1. The molecule has 0 bridgehead atoms. The highest BCUT2D eigenvalue weighted by Gasteiger charge is 2.19. The van der Waals surface area contributed by atoms with Gasteiger partial charge in [0.15, 0.2) is 0 Å². The Morgan fingerprint density at radius 1 is 1.19 bits per heavy atom. The maximum Gasteiger partial charge on any atom is 0.261 e. The van der Waals surface area contributed by atoms with Crippen LogP contribution in [0.15, 0.2) is 53.4 Å². The van der Waals surface area contributed by atoms with E-state index < -0.39 is 10.0 Å². The van der Waals surface area contributed by atoms with Crippen molar-refractivity contribution < 1.29 is 17.9 Å². The Balaban J connectivity index is 1.73. The number of carbonyl (C=O) groups excluding carboxylic acids is 1. The van der Waals surface area contributed by atoms with Crippen LogP contribution in [0.3, 0.4) is 0 Å². The van der Waals surface area contributed by atoms with Crippen molar-refractivity contribution >= 4 is 33.2 Å². The van der Waals surface area contributed by atoms with Gasteiger partial charge < -0.3 is 10.1 Å². The highest BCUT2D eigenvalue weighted by Crippen LogP contribution is 2.23. The number of ether oxygens (including phenoxy) is 1. The van der Waals surface area contributed by atoms with Crippen molar-refractivity contribution in [1.29, 1.82) is 0 Å². The van der Waals surface area contributed by atoms with E-state index in [1.165, 1.54) is 30.3 Å². The van der Waals surface area contributed by atoms with Gasteiger partial charge in [-0.25, -0.2) is 8.42 Å². The molecule has 0 radical (unpaired) electrons. The van der Waals surface area contributed by atoms with Crippen LogP contribution >= 0.6 is 11.6 Å². The third-order valence-electron chi connectivity index (χ3n) is 4.03. The van der Waals surface area contributed by atoms with Crippen molar-refractivity contribution in [1.82, 2.24) is 5.32 Å². The van der Waals surface area contributed by atoms with E-state index in [4.69, 9.17) is 16.3 Å². The molecule has 0 saturated carbocycles. The highest BCUT2D eigenvalue weighted by molar-refractivity contribution is 7.92. The Morgan fingerprint density at radius 2 is 1.96 bits per heavy atom. The Labute approximate surface area is 157 Å². The minimum Gasteiger partial charge on any atom is -0.376 e. The summed E-state index contributed by atoms with van der Waals surface area (Å²) in [7, 11) is -3.74. The molecular weight excluding hydrogens is 376 g/mol. The number of benzene rings is 2. The average molecular weight is 395 g/mol. The van der Waals surface area contributed by atoms with Gasteiger partial charge >= 0.3 is 0 Å². The van der Waals surface area contributed by atoms with Gasteiger partial charge in [0.1, 0.15) is 0 Å². The summed E-state index contributed by atoms with van der Waals surface area (Å²) in [5.41, 5.74) is 0.471. The van der Waals surface area contributed by atoms with Gasteiger partial charge in [-0.1, -0.05) is 29.8 Å². The first kappa shape index (κ1) is 18.7. The Hall–Kier alpha value is -2.09. The van der Waals surface area contributed by atoms with E-state index in [0.717, 1.165) is 12.8 Å². The zero-order chi connectivity index (χ0) is 18.6. The molecule has 1 heterocycles. The maximum atomic E-state index is 12.4. The molecule has 3 rings (SSSR count). The van der Waals surface area contributed by atoms with Crippen molar-refractivity contribution in [3.05, 3.63) is 59.1 Å². The second-order valence-corrected chi connectivity index (χ2v) is 8.05. The van der Waals surface area contributed by atoms with E-state index in [1.807, 2.05) is 0 Å². The van der Waals surface area contributed by atoms with Crippen LogP contribution in [0.25, 0.3) is 0 Å². The summed E-state index contributed by atoms with van der Waals surface area (Å²) in [6, 6.07) is 12.4. The summed E-state index contributed by atoms with van der Waals surface area (Å²) in [5.74, 6) is -0.369. The molecule has 2 aromatic carbocycles. The van der Waals surface area contributed by atoms with Gasteiger partial charge in [0.25, 0.3) is 15.9 Å². The summed E-state index contributed by atoms with van der Waals surface area (Å²) in [6.07, 6.45) is 1.90. The Kier molecular flexibility index (Phi) is 5.80. The van der Waals surface area contributed by atoms with Gasteiger partial charge in [0.05, 0.1) is 21.6 Å². The van der Waals surface area contributed by atoms with E-state index in [2.05, 4.69) is 10.0 Å². The standard InChI is InChI=1S/C18H19ClN2O4S/c19-17-9-8-13(21-26(23,24)15-6-2-1-3-7-15)11-16(17)18(22)20-12-14-5-4-10-25-14/h1-3,6-9,11,14,21H,4-5,10,12H2,(H,20,22)/t14-/m1/s1. The topological polar surface area (TPSA) is 84.5 Å². The fourth-order valence-corrected chi connectivity index (χ4v) is 3.96. The number of anilines is 1. The average Bonchev–Trinajstić information content (AvgIpc) is 3.15. The van der Waals surface area contributed by atoms with Crippen LogP contribution in [0.4, 0.5) is 5.69 Å². The van der Waals surface area contributed by atoms with Crippen LogP contribution in [0.5, 0.6) is 0 Å². The van der Waals surface area contributed by atoms with E-state index >= 15 is 0 Å². The second kappa shape index (κ2) is 8.07. The summed E-state index contributed by atoms with van der Waals surface area (Å²) < 4.78 is 32.7. The zero-order valence-corrected chi connectivity index (χ0v) is 15.5. The van der Waals surface area contributed by atoms with Crippen LogP contribution in [-0.4, -0.2) is 33.6 Å². The van der Waals surface area contributed by atoms with Gasteiger partial charge in [0, 0.05) is 18.8 Å². The molecule has 0 spiro atoms. The fourth-order valence-electron chi connectivity index (χ4n) is 2.68. The van der Waals surface area contributed by atoms with E-state index in [-0.39, 0.29) is 33.2 Å². The minimum atomic E-state index is -3.74. The zero-order valence-electron chi connectivity index (χ0n) is 13.9. The molecule has 26 heavy (non-hydrogen) atoms. The van der Waals surface area contributed by atoms with E-state index in [1.54, 1.807) is 18.2 Å². The van der Waals surface area contributed by atoms with E-state index in [9.17, 15) is 13.2 Å². The smallest absolute Gasteiger partial charge is 0.261 e. The molecule has 8 heteroatoms. The molecule has 0 aromatic heterocycles. The molecule has 2 aromatic rings. The molecule has 2 N–H and O–H groups in total. The van der Waals surface area contributed by atoms with Crippen molar-refractivity contribution in [3.63, 3.8) is 0 Å². The first-order chi connectivity index (χ1) is 12.5. The number of hydrogen-bond donors (Lipinski definition) is 2. The van der Waals surface area contributed by atoms with Crippen LogP contribution in [0.1, 0.15) is 23.2 Å². The fraction of sp³-hybridized carbons (Fsp3) is 0.278. The molecule has 138 valence electrons. The predicted octanol–water partition coefficient (Wildman–Crippen LogP) is 3.05. The molecule has 1 atom stereocenters. The highest BCUT2D eigenvalue weighted by atomic mass is 35.5. The molecule has 0 unspecified atom stereocenters. The SMILES string of the molecule is O=C(NC[C@H]1CCCO1)c1cc(NS(=O)(=O)c2ccccc2)ccc1Cl. The molecule has 1 amide bonds. The van der Waals surface area contributed by atoms with Gasteiger partial charge in [-0.3, -0.25) is 9.52 Å². The number of hydrogen-bond acceptors (Lipinski definition) is 4. The van der Waals surface area contributed by atoms with Crippen molar-refractivity contribution in [2.24, 2.45) is 0 Å². The normalized spacial score (nSPS) is 17.0. The minimum absolute atomic E-state index is 0.0116. The first-order valence-corrected chi connectivity index (χ1v) is 10.1. The first-order valence-electron chi connectivity index (χ1n) is 8.23. The summed E-state index contributed by atoms with van der Waals surface area (Å²) in [5, 5.41) is 3.03. The molecule has 1 aliphatic rings. The number of rotatable bonds is 6. The molecule has 1 aliphatic heterocycles. The molecule has 6 nitrogen and oxygen atoms in total. The lowest BCUT2D eigenvalue weighted by molar-refractivity contribution is 0.0858.